The van der Waals surface area contributed by atoms with E-state index >= 15 is 0 Å². The quantitative estimate of drug-likeness (QED) is 0.886. The van der Waals surface area contributed by atoms with Gasteiger partial charge in [-0.2, -0.15) is 0 Å². The molecule has 0 amide bonds. The van der Waals surface area contributed by atoms with Crippen molar-refractivity contribution in [3.05, 3.63) is 41.2 Å². The second-order valence-corrected chi connectivity index (χ2v) is 3.44. The molecule has 0 aliphatic heterocycles. The summed E-state index contributed by atoms with van der Waals surface area (Å²) in [4.78, 5) is 21.6. The van der Waals surface area contributed by atoms with Crippen molar-refractivity contribution in [1.82, 2.24) is 15.0 Å². The van der Waals surface area contributed by atoms with Gasteiger partial charge in [-0.3, -0.25) is 4.98 Å². The third-order valence-corrected chi connectivity index (χ3v) is 2.19. The average molecular weight is 254 g/mol. The number of hydrogen-bond donors (Lipinski definition) is 1. The van der Waals surface area contributed by atoms with Crippen molar-refractivity contribution in [2.24, 2.45) is 0 Å². The van der Waals surface area contributed by atoms with Gasteiger partial charge in [0, 0.05) is 6.20 Å². The lowest BCUT2D eigenvalue weighted by Gasteiger charge is -2.03. The molecule has 0 fully saturated rings. The number of nitrogens with zero attached hydrogens (tertiary/aromatic N) is 3. The maximum Gasteiger partial charge on any atom is 0.373 e. The number of carboxylic acid groups (broad SMARTS) is 1. The molecule has 86 valence electrons. The summed E-state index contributed by atoms with van der Waals surface area (Å²) < 4.78 is 13.5. The van der Waals surface area contributed by atoms with Crippen molar-refractivity contribution in [3.8, 4) is 11.4 Å². The Morgan fingerprint density at radius 3 is 2.76 bits per heavy atom. The van der Waals surface area contributed by atoms with Crippen LogP contribution < -0.4 is 0 Å². The largest absolute Gasteiger partial charge is 0.475 e. The molecule has 1 N–H and O–H groups in total. The molecule has 0 bridgehead atoms. The molecule has 0 unspecified atom stereocenters. The fourth-order valence-electron chi connectivity index (χ4n) is 1.20. The maximum atomic E-state index is 13.5. The zero-order valence-corrected chi connectivity index (χ0v) is 9.02. The fraction of sp³-hybridized carbons (Fsp3) is 0. The summed E-state index contributed by atoms with van der Waals surface area (Å²) in [5, 5.41) is 8.77. The number of carboxylic acids is 1. The van der Waals surface area contributed by atoms with E-state index < -0.39 is 17.6 Å². The molecular formula is C10H5ClFN3O2. The summed E-state index contributed by atoms with van der Waals surface area (Å²) in [5.41, 5.74) is -0.153. The van der Waals surface area contributed by atoms with Crippen LogP contribution in [0.15, 0.2) is 24.5 Å². The van der Waals surface area contributed by atoms with Gasteiger partial charge in [0.1, 0.15) is 11.4 Å². The number of rotatable bonds is 2. The lowest BCUT2D eigenvalue weighted by atomic mass is 10.2. The van der Waals surface area contributed by atoms with Crippen LogP contribution in [0.3, 0.4) is 0 Å². The zero-order chi connectivity index (χ0) is 12.4. The van der Waals surface area contributed by atoms with Crippen molar-refractivity contribution in [2.75, 3.05) is 0 Å². The van der Waals surface area contributed by atoms with Crippen LogP contribution in [0, 0.1) is 5.82 Å². The van der Waals surface area contributed by atoms with Gasteiger partial charge in [-0.1, -0.05) is 11.6 Å². The molecule has 0 aliphatic rings. The van der Waals surface area contributed by atoms with E-state index in [9.17, 15) is 9.18 Å². The molecule has 7 heteroatoms. The number of aromatic carboxylic acids is 1. The van der Waals surface area contributed by atoms with Crippen molar-refractivity contribution < 1.29 is 14.3 Å². The molecule has 0 spiro atoms. The first-order chi connectivity index (χ1) is 8.09. The lowest BCUT2D eigenvalue weighted by Crippen LogP contribution is -2.05. The Labute approximate surface area is 99.9 Å². The van der Waals surface area contributed by atoms with Crippen LogP contribution in [-0.4, -0.2) is 26.0 Å². The molecule has 0 aromatic carbocycles. The first kappa shape index (κ1) is 11.4. The van der Waals surface area contributed by atoms with Crippen LogP contribution in [0.25, 0.3) is 11.4 Å². The minimum absolute atomic E-state index is 0.0348. The highest BCUT2D eigenvalue weighted by atomic mass is 35.5. The van der Waals surface area contributed by atoms with E-state index in [1.54, 1.807) is 0 Å². The first-order valence-electron chi connectivity index (χ1n) is 4.46. The minimum atomic E-state index is -1.32. The van der Waals surface area contributed by atoms with Crippen molar-refractivity contribution in [3.63, 3.8) is 0 Å². The number of halogens is 2. The van der Waals surface area contributed by atoms with Crippen LogP contribution >= 0.6 is 11.6 Å². The van der Waals surface area contributed by atoms with Gasteiger partial charge in [-0.05, 0) is 12.1 Å². The van der Waals surface area contributed by atoms with E-state index in [2.05, 4.69) is 15.0 Å². The topological polar surface area (TPSA) is 76.0 Å². The monoisotopic (exact) mass is 253 g/mol. The molecule has 17 heavy (non-hydrogen) atoms. The van der Waals surface area contributed by atoms with Crippen LogP contribution in [0.1, 0.15) is 10.6 Å². The zero-order valence-electron chi connectivity index (χ0n) is 8.26. The molecule has 0 aliphatic carbocycles. The van der Waals surface area contributed by atoms with Gasteiger partial charge in [-0.15, -0.1) is 0 Å². The van der Waals surface area contributed by atoms with Gasteiger partial charge in [0.15, 0.2) is 5.82 Å². The molecule has 2 rings (SSSR count). The van der Waals surface area contributed by atoms with E-state index in [-0.39, 0.29) is 16.4 Å². The Balaban J connectivity index is 2.63. The van der Waals surface area contributed by atoms with Crippen LogP contribution in [0.4, 0.5) is 4.39 Å². The van der Waals surface area contributed by atoms with E-state index in [1.165, 1.54) is 18.3 Å². The summed E-state index contributed by atoms with van der Waals surface area (Å²) in [6, 6.07) is 2.59. The molecule has 2 heterocycles. The highest BCUT2D eigenvalue weighted by Gasteiger charge is 2.16. The Kier molecular flexibility index (Phi) is 2.97. The Morgan fingerprint density at radius 1 is 1.35 bits per heavy atom. The summed E-state index contributed by atoms with van der Waals surface area (Å²) in [6.45, 7) is 0. The standard InChI is InChI=1S/C10H5ClFN3O2/c11-5-4-14-9(10(16)17)15-7(5)8-6(12)2-1-3-13-8/h1-4H,(H,16,17). The molecular weight excluding hydrogens is 249 g/mol. The third kappa shape index (κ3) is 2.21. The lowest BCUT2D eigenvalue weighted by molar-refractivity contribution is 0.0683. The van der Waals surface area contributed by atoms with Gasteiger partial charge in [-0.25, -0.2) is 19.2 Å². The van der Waals surface area contributed by atoms with Crippen molar-refractivity contribution in [1.29, 1.82) is 0 Å². The third-order valence-electron chi connectivity index (χ3n) is 1.92. The smallest absolute Gasteiger partial charge is 0.373 e. The number of carbonyl (C=O) groups is 1. The minimum Gasteiger partial charge on any atom is -0.475 e. The van der Waals surface area contributed by atoms with E-state index in [4.69, 9.17) is 16.7 Å². The summed E-state index contributed by atoms with van der Waals surface area (Å²) in [6.07, 6.45) is 2.46. The highest BCUT2D eigenvalue weighted by molar-refractivity contribution is 6.32. The fourth-order valence-corrected chi connectivity index (χ4v) is 1.38. The second kappa shape index (κ2) is 4.42. The first-order valence-corrected chi connectivity index (χ1v) is 4.84. The molecule has 0 radical (unpaired) electrons. The van der Waals surface area contributed by atoms with E-state index in [1.807, 2.05) is 0 Å². The van der Waals surface area contributed by atoms with Gasteiger partial charge in [0.05, 0.1) is 11.2 Å². The SMILES string of the molecule is O=C(O)c1ncc(Cl)c(-c2ncccc2F)n1. The van der Waals surface area contributed by atoms with Crippen LogP contribution in [0.5, 0.6) is 0 Å². The number of pyridine rings is 1. The molecule has 0 saturated carbocycles. The highest BCUT2D eigenvalue weighted by Crippen LogP contribution is 2.25. The average Bonchev–Trinajstić information content (AvgIpc) is 2.30. The van der Waals surface area contributed by atoms with Gasteiger partial charge in [0.25, 0.3) is 0 Å². The number of hydrogen-bond acceptors (Lipinski definition) is 4. The normalized spacial score (nSPS) is 10.2. The second-order valence-electron chi connectivity index (χ2n) is 3.03. The van der Waals surface area contributed by atoms with Gasteiger partial charge >= 0.3 is 5.97 Å². The van der Waals surface area contributed by atoms with Crippen LogP contribution in [-0.2, 0) is 0 Å². The Hall–Kier alpha value is -2.08. The summed E-state index contributed by atoms with van der Waals surface area (Å²) >= 11 is 5.78. The molecule has 0 atom stereocenters. The van der Waals surface area contributed by atoms with Crippen LogP contribution in [0.2, 0.25) is 5.02 Å². The summed E-state index contributed by atoms with van der Waals surface area (Å²) in [5.74, 6) is -2.42. The number of aromatic nitrogens is 3. The Bertz CT molecular complexity index is 592. The predicted molar refractivity (Wildman–Crippen MR) is 57.2 cm³/mol. The molecule has 0 saturated heterocycles. The Morgan fingerprint density at radius 2 is 2.12 bits per heavy atom. The molecule has 2 aromatic heterocycles. The van der Waals surface area contributed by atoms with Gasteiger partial charge in [0.2, 0.25) is 5.82 Å². The summed E-state index contributed by atoms with van der Waals surface area (Å²) in [7, 11) is 0. The predicted octanol–water partition coefficient (Wildman–Crippen LogP) is 2.03. The van der Waals surface area contributed by atoms with E-state index in [0.717, 1.165) is 6.20 Å². The maximum absolute atomic E-state index is 13.5. The van der Waals surface area contributed by atoms with Gasteiger partial charge < -0.3 is 5.11 Å². The van der Waals surface area contributed by atoms with Crippen molar-refractivity contribution in [2.45, 2.75) is 0 Å². The van der Waals surface area contributed by atoms with E-state index in [0.29, 0.717) is 0 Å². The molecule has 5 nitrogen and oxygen atoms in total. The molecule has 2 aromatic rings. The van der Waals surface area contributed by atoms with Crippen molar-refractivity contribution >= 4 is 17.6 Å².